The van der Waals surface area contributed by atoms with Crippen LogP contribution in [0.5, 0.6) is 0 Å². The average molecular weight is 501 g/mol. The van der Waals surface area contributed by atoms with Gasteiger partial charge in [-0.1, -0.05) is 11.6 Å². The van der Waals surface area contributed by atoms with Crippen LogP contribution in [0, 0.1) is 6.92 Å². The highest BCUT2D eigenvalue weighted by Gasteiger charge is 2.31. The molecule has 9 nitrogen and oxygen atoms in total. The third-order valence-electron chi connectivity index (χ3n) is 7.16. The Kier molecular flexibility index (Phi) is 7.50. The molecule has 5 heterocycles. The molecule has 3 aromatic rings. The first kappa shape index (κ1) is 24.4. The molecule has 0 spiro atoms. The Morgan fingerprint density at radius 2 is 1.66 bits per heavy atom. The summed E-state index contributed by atoms with van der Waals surface area (Å²) in [7, 11) is 1.00. The Morgan fingerprint density at radius 1 is 0.943 bits per heavy atom. The van der Waals surface area contributed by atoms with E-state index in [1.165, 1.54) is 5.56 Å². The van der Waals surface area contributed by atoms with E-state index in [4.69, 9.17) is 31.2 Å². The monoisotopic (exact) mass is 500 g/mol. The number of aliphatic hydroxyl groups is 1. The number of hydrogen-bond acceptors (Lipinski definition) is 8. The third-order valence-corrected chi connectivity index (χ3v) is 7.48. The Labute approximate surface area is 210 Å². The zero-order valence-corrected chi connectivity index (χ0v) is 21.1. The standard InChI is InChI=1S/C24H29ClN6O2.CH4O/c1-16-27-23(30-6-8-32-9-7-30)12-24(28-16)31-22-11-20(21(25)10-18(22)13-26-31)17-2-4-29(5-3-17)19-14-33-15-19;1-2/h10-13,17,19H,2-9,14-15H2,1H3;2H,1H3. The van der Waals surface area contributed by atoms with E-state index in [0.717, 1.165) is 106 Å². The number of halogens is 1. The Hall–Kier alpha value is -2.30. The molecular weight excluding hydrogens is 468 g/mol. The molecular formula is C25H33ClN6O3. The van der Waals surface area contributed by atoms with Gasteiger partial charge in [-0.2, -0.15) is 5.10 Å². The molecule has 0 amide bonds. The van der Waals surface area contributed by atoms with Crippen LogP contribution in [-0.4, -0.2) is 95.5 Å². The number of likely N-dealkylation sites (tertiary alicyclic amines) is 1. The van der Waals surface area contributed by atoms with Gasteiger partial charge in [-0.15, -0.1) is 0 Å². The molecule has 3 fully saturated rings. The predicted molar refractivity (Wildman–Crippen MR) is 136 cm³/mol. The van der Waals surface area contributed by atoms with E-state index in [1.54, 1.807) is 0 Å². The number of benzene rings is 1. The quantitative estimate of drug-likeness (QED) is 0.585. The molecule has 0 bridgehead atoms. The van der Waals surface area contributed by atoms with Crippen LogP contribution in [0.2, 0.25) is 5.02 Å². The third kappa shape index (κ3) is 5.01. The summed E-state index contributed by atoms with van der Waals surface area (Å²) in [5.74, 6) is 2.90. The number of aryl methyl sites for hydroxylation is 1. The van der Waals surface area contributed by atoms with Gasteiger partial charge in [-0.05, 0) is 56.5 Å². The summed E-state index contributed by atoms with van der Waals surface area (Å²) in [5, 5.41) is 13.5. The molecule has 0 unspecified atom stereocenters. The Balaban J connectivity index is 0.00000124. The van der Waals surface area contributed by atoms with E-state index in [2.05, 4.69) is 32.0 Å². The summed E-state index contributed by atoms with van der Waals surface area (Å²) in [6, 6.07) is 6.91. The lowest BCUT2D eigenvalue weighted by molar-refractivity contribution is -0.0712. The number of hydrogen-bond donors (Lipinski definition) is 1. The van der Waals surface area contributed by atoms with Crippen molar-refractivity contribution in [2.75, 3.05) is 64.6 Å². The Morgan fingerprint density at radius 3 is 2.34 bits per heavy atom. The predicted octanol–water partition coefficient (Wildman–Crippen LogP) is 2.80. The van der Waals surface area contributed by atoms with Gasteiger partial charge < -0.3 is 19.5 Å². The maximum absolute atomic E-state index is 7.00. The molecule has 188 valence electrons. The van der Waals surface area contributed by atoms with E-state index >= 15 is 0 Å². The van der Waals surface area contributed by atoms with E-state index < -0.39 is 0 Å². The second-order valence-electron chi connectivity index (χ2n) is 9.22. The van der Waals surface area contributed by atoms with Crippen molar-refractivity contribution in [3.63, 3.8) is 0 Å². The molecule has 10 heteroatoms. The number of morpholine rings is 1. The summed E-state index contributed by atoms with van der Waals surface area (Å²) < 4.78 is 12.8. The zero-order valence-electron chi connectivity index (χ0n) is 20.4. The summed E-state index contributed by atoms with van der Waals surface area (Å²) >= 11 is 6.77. The van der Waals surface area contributed by atoms with Crippen LogP contribution >= 0.6 is 11.6 Å². The molecule has 0 saturated carbocycles. The molecule has 1 aromatic carbocycles. The van der Waals surface area contributed by atoms with Crippen LogP contribution in [0.15, 0.2) is 24.4 Å². The lowest BCUT2D eigenvalue weighted by Crippen LogP contribution is -2.51. The highest BCUT2D eigenvalue weighted by molar-refractivity contribution is 6.32. The van der Waals surface area contributed by atoms with Gasteiger partial charge in [0.1, 0.15) is 11.6 Å². The van der Waals surface area contributed by atoms with Gasteiger partial charge in [0.2, 0.25) is 0 Å². The van der Waals surface area contributed by atoms with Crippen molar-refractivity contribution in [3.8, 4) is 5.82 Å². The fourth-order valence-electron chi connectivity index (χ4n) is 5.17. The first-order chi connectivity index (χ1) is 17.2. The fraction of sp³-hybridized carbons (Fsp3) is 0.560. The number of ether oxygens (including phenoxy) is 2. The van der Waals surface area contributed by atoms with Crippen LogP contribution in [0.4, 0.5) is 5.82 Å². The smallest absolute Gasteiger partial charge is 0.159 e. The topological polar surface area (TPSA) is 88.8 Å². The molecule has 0 aliphatic carbocycles. The lowest BCUT2D eigenvalue weighted by Gasteiger charge is -2.41. The minimum absolute atomic E-state index is 0.457. The summed E-state index contributed by atoms with van der Waals surface area (Å²) in [4.78, 5) is 14.2. The molecule has 1 N–H and O–H groups in total. The Bertz CT molecular complexity index is 1150. The summed E-state index contributed by atoms with van der Waals surface area (Å²) in [5.41, 5.74) is 2.25. The van der Waals surface area contributed by atoms with E-state index in [0.29, 0.717) is 12.0 Å². The molecule has 3 aliphatic rings. The molecule has 35 heavy (non-hydrogen) atoms. The fourth-order valence-corrected chi connectivity index (χ4v) is 5.49. The number of aliphatic hydroxyl groups excluding tert-OH is 1. The van der Waals surface area contributed by atoms with Gasteiger partial charge in [-0.25, -0.2) is 14.6 Å². The number of anilines is 1. The first-order valence-electron chi connectivity index (χ1n) is 12.3. The van der Waals surface area contributed by atoms with Gasteiger partial charge in [0.15, 0.2) is 5.82 Å². The van der Waals surface area contributed by atoms with Gasteiger partial charge in [-0.3, -0.25) is 4.90 Å². The largest absolute Gasteiger partial charge is 0.400 e. The van der Waals surface area contributed by atoms with Crippen LogP contribution < -0.4 is 4.90 Å². The maximum atomic E-state index is 7.00. The second kappa shape index (κ2) is 10.8. The van der Waals surface area contributed by atoms with Crippen molar-refractivity contribution in [2.45, 2.75) is 31.7 Å². The average Bonchev–Trinajstić information content (AvgIpc) is 3.27. The zero-order chi connectivity index (χ0) is 24.4. The van der Waals surface area contributed by atoms with Gasteiger partial charge in [0, 0.05) is 36.7 Å². The van der Waals surface area contributed by atoms with Crippen molar-refractivity contribution in [1.29, 1.82) is 0 Å². The molecule has 3 saturated heterocycles. The summed E-state index contributed by atoms with van der Waals surface area (Å²) in [6.45, 7) is 8.99. The molecule has 2 aromatic heterocycles. The molecule has 6 rings (SSSR count). The molecule has 0 atom stereocenters. The van der Waals surface area contributed by atoms with Crippen LogP contribution in [-0.2, 0) is 9.47 Å². The van der Waals surface area contributed by atoms with Crippen molar-refractivity contribution in [3.05, 3.63) is 40.8 Å². The highest BCUT2D eigenvalue weighted by Crippen LogP contribution is 2.37. The minimum Gasteiger partial charge on any atom is -0.400 e. The van der Waals surface area contributed by atoms with E-state index in [-0.39, 0.29) is 0 Å². The number of rotatable bonds is 4. The molecule has 0 radical (unpaired) electrons. The number of nitrogens with zero attached hydrogens (tertiary/aromatic N) is 6. The first-order valence-corrected chi connectivity index (χ1v) is 12.7. The van der Waals surface area contributed by atoms with Crippen molar-refractivity contribution < 1.29 is 14.6 Å². The van der Waals surface area contributed by atoms with Gasteiger partial charge in [0.25, 0.3) is 0 Å². The van der Waals surface area contributed by atoms with Crippen molar-refractivity contribution in [1.82, 2.24) is 24.6 Å². The number of fused-ring (bicyclic) bond motifs is 1. The van der Waals surface area contributed by atoms with E-state index in [9.17, 15) is 0 Å². The second-order valence-corrected chi connectivity index (χ2v) is 9.63. The number of piperidine rings is 1. The minimum atomic E-state index is 0.457. The van der Waals surface area contributed by atoms with E-state index in [1.807, 2.05) is 23.9 Å². The van der Waals surface area contributed by atoms with Gasteiger partial charge in [0.05, 0.1) is 44.2 Å². The van der Waals surface area contributed by atoms with Gasteiger partial charge >= 0.3 is 0 Å². The normalized spacial score (nSPS) is 19.9. The van der Waals surface area contributed by atoms with Crippen LogP contribution in [0.25, 0.3) is 16.7 Å². The van der Waals surface area contributed by atoms with Crippen LogP contribution in [0.3, 0.4) is 0 Å². The van der Waals surface area contributed by atoms with Crippen molar-refractivity contribution >= 4 is 28.3 Å². The van der Waals surface area contributed by atoms with Crippen molar-refractivity contribution in [2.24, 2.45) is 0 Å². The SMILES string of the molecule is CO.Cc1nc(N2CCOCC2)cc(-n2ncc3cc(Cl)c(C4CCN(C5COC5)CC4)cc32)n1. The maximum Gasteiger partial charge on any atom is 0.159 e. The summed E-state index contributed by atoms with van der Waals surface area (Å²) in [6.07, 6.45) is 4.10. The lowest BCUT2D eigenvalue weighted by atomic mass is 9.88. The highest BCUT2D eigenvalue weighted by atomic mass is 35.5. The molecule has 3 aliphatic heterocycles. The number of aromatic nitrogens is 4. The van der Waals surface area contributed by atoms with Crippen LogP contribution in [0.1, 0.15) is 30.1 Å².